The Kier molecular flexibility index (Phi) is 3.13. The second-order valence-electron chi connectivity index (χ2n) is 3.94. The van der Waals surface area contributed by atoms with Gasteiger partial charge in [0.2, 0.25) is 0 Å². The molecule has 1 aliphatic rings. The van der Waals surface area contributed by atoms with Crippen molar-refractivity contribution in [3.05, 3.63) is 12.2 Å². The van der Waals surface area contributed by atoms with Gasteiger partial charge >= 0.3 is 0 Å². The molecule has 1 heteroatoms. The average molecular weight is 153 g/mol. The lowest BCUT2D eigenvalue weighted by Crippen LogP contribution is -2.33. The Morgan fingerprint density at radius 1 is 1.36 bits per heavy atom. The van der Waals surface area contributed by atoms with Gasteiger partial charge in [-0.25, -0.2) is 0 Å². The maximum absolute atomic E-state index is 4.00. The van der Waals surface area contributed by atoms with Crippen LogP contribution in [0.3, 0.4) is 0 Å². The van der Waals surface area contributed by atoms with Crippen LogP contribution in [-0.2, 0) is 0 Å². The molecule has 0 radical (unpaired) electrons. The second-order valence-corrected chi connectivity index (χ2v) is 3.94. The first-order chi connectivity index (χ1) is 5.18. The molecule has 0 aromatic rings. The van der Waals surface area contributed by atoms with Crippen LogP contribution < -0.4 is 0 Å². The molecular weight excluding hydrogens is 134 g/mol. The highest BCUT2D eigenvalue weighted by molar-refractivity contribution is 4.98. The van der Waals surface area contributed by atoms with Gasteiger partial charge in [-0.15, -0.1) is 0 Å². The van der Waals surface area contributed by atoms with E-state index in [1.807, 2.05) is 0 Å². The van der Waals surface area contributed by atoms with Crippen LogP contribution in [0.5, 0.6) is 0 Å². The topological polar surface area (TPSA) is 3.24 Å². The highest BCUT2D eigenvalue weighted by Gasteiger charge is 2.12. The summed E-state index contributed by atoms with van der Waals surface area (Å²) in [4.78, 5) is 2.54. The largest absolute Gasteiger partial charge is 0.302 e. The van der Waals surface area contributed by atoms with Gasteiger partial charge < -0.3 is 4.90 Å². The Morgan fingerprint density at radius 3 is 2.36 bits per heavy atom. The van der Waals surface area contributed by atoms with Crippen LogP contribution in [0.25, 0.3) is 0 Å². The molecule has 0 aliphatic carbocycles. The fourth-order valence-electron chi connectivity index (χ4n) is 1.57. The molecular formula is C10H19N. The van der Waals surface area contributed by atoms with Crippen LogP contribution in [0.1, 0.15) is 26.7 Å². The number of rotatable bonds is 2. The van der Waals surface area contributed by atoms with Gasteiger partial charge in [0.25, 0.3) is 0 Å². The van der Waals surface area contributed by atoms with E-state index in [1.54, 1.807) is 0 Å². The third kappa shape index (κ3) is 3.06. The molecule has 0 spiro atoms. The summed E-state index contributed by atoms with van der Waals surface area (Å²) < 4.78 is 0. The van der Waals surface area contributed by atoms with Crippen molar-refractivity contribution in [1.29, 1.82) is 0 Å². The summed E-state index contributed by atoms with van der Waals surface area (Å²) in [7, 11) is 0. The zero-order valence-corrected chi connectivity index (χ0v) is 7.77. The molecule has 1 nitrogen and oxygen atoms in total. The van der Waals surface area contributed by atoms with Crippen LogP contribution in [0, 0.1) is 5.92 Å². The number of hydrogen-bond acceptors (Lipinski definition) is 1. The summed E-state index contributed by atoms with van der Waals surface area (Å²) in [6.07, 6.45) is 2.43. The zero-order valence-electron chi connectivity index (χ0n) is 7.77. The first-order valence-corrected chi connectivity index (χ1v) is 4.57. The normalized spacial score (nSPS) is 21.2. The van der Waals surface area contributed by atoms with Crippen molar-refractivity contribution >= 4 is 0 Å². The molecule has 1 heterocycles. The van der Waals surface area contributed by atoms with Crippen LogP contribution >= 0.6 is 0 Å². The van der Waals surface area contributed by atoms with Gasteiger partial charge in [-0.2, -0.15) is 0 Å². The van der Waals surface area contributed by atoms with Crippen molar-refractivity contribution in [1.82, 2.24) is 4.90 Å². The van der Waals surface area contributed by atoms with Crippen molar-refractivity contribution in [2.45, 2.75) is 26.7 Å². The quantitative estimate of drug-likeness (QED) is 0.550. The van der Waals surface area contributed by atoms with Crippen LogP contribution in [0.4, 0.5) is 0 Å². The molecule has 0 N–H and O–H groups in total. The van der Waals surface area contributed by atoms with Crippen molar-refractivity contribution < 1.29 is 0 Å². The van der Waals surface area contributed by atoms with E-state index in [9.17, 15) is 0 Å². The number of hydrogen-bond donors (Lipinski definition) is 0. The smallest absolute Gasteiger partial charge is 0.00187 e. The van der Waals surface area contributed by atoms with Gasteiger partial charge in [0, 0.05) is 19.6 Å². The second kappa shape index (κ2) is 3.91. The van der Waals surface area contributed by atoms with Gasteiger partial charge in [0.05, 0.1) is 0 Å². The van der Waals surface area contributed by atoms with Gasteiger partial charge in [0.15, 0.2) is 0 Å². The Balaban J connectivity index is 2.22. The Labute approximate surface area is 70.1 Å². The third-order valence-corrected chi connectivity index (χ3v) is 2.19. The van der Waals surface area contributed by atoms with Gasteiger partial charge in [-0.1, -0.05) is 26.0 Å². The molecule has 0 unspecified atom stereocenters. The van der Waals surface area contributed by atoms with Crippen LogP contribution in [0.2, 0.25) is 0 Å². The highest BCUT2D eigenvalue weighted by atomic mass is 15.1. The molecule has 0 bridgehead atoms. The van der Waals surface area contributed by atoms with Gasteiger partial charge in [-0.3, -0.25) is 0 Å². The lowest BCUT2D eigenvalue weighted by atomic mass is 10.0. The Hall–Kier alpha value is -0.300. The predicted molar refractivity (Wildman–Crippen MR) is 49.7 cm³/mol. The number of piperidine rings is 1. The van der Waals surface area contributed by atoms with E-state index in [1.165, 1.54) is 38.0 Å². The van der Waals surface area contributed by atoms with Crippen molar-refractivity contribution in [3.8, 4) is 0 Å². The van der Waals surface area contributed by atoms with Crippen LogP contribution in [0.15, 0.2) is 12.2 Å². The predicted octanol–water partition coefficient (Wildman–Crippen LogP) is 2.29. The Bertz CT molecular complexity index is 128. The maximum atomic E-state index is 4.00. The SMILES string of the molecule is C=C1CCN(CC(C)C)CC1. The van der Waals surface area contributed by atoms with Crippen LogP contribution in [-0.4, -0.2) is 24.5 Å². The first-order valence-electron chi connectivity index (χ1n) is 4.57. The van der Waals surface area contributed by atoms with E-state index in [2.05, 4.69) is 25.3 Å². The van der Waals surface area contributed by atoms with E-state index in [4.69, 9.17) is 0 Å². The van der Waals surface area contributed by atoms with E-state index in [0.717, 1.165) is 5.92 Å². The molecule has 1 fully saturated rings. The first kappa shape index (κ1) is 8.79. The summed E-state index contributed by atoms with van der Waals surface area (Å²) in [5.41, 5.74) is 1.44. The van der Waals surface area contributed by atoms with E-state index in [0.29, 0.717) is 0 Å². The molecule has 0 atom stereocenters. The standard InChI is InChI=1S/C10H19N/c1-9(2)8-11-6-4-10(3)5-7-11/h9H,3-8H2,1-2H3. The molecule has 1 saturated heterocycles. The van der Waals surface area contributed by atoms with Crippen molar-refractivity contribution in [3.63, 3.8) is 0 Å². The summed E-state index contributed by atoms with van der Waals surface area (Å²) >= 11 is 0. The van der Waals surface area contributed by atoms with E-state index < -0.39 is 0 Å². The molecule has 1 rings (SSSR count). The molecule has 64 valence electrons. The number of nitrogens with zero attached hydrogens (tertiary/aromatic N) is 1. The zero-order chi connectivity index (χ0) is 8.27. The average Bonchev–Trinajstić information content (AvgIpc) is 1.93. The lowest BCUT2D eigenvalue weighted by molar-refractivity contribution is 0.230. The highest BCUT2D eigenvalue weighted by Crippen LogP contribution is 2.14. The van der Waals surface area contributed by atoms with Crippen molar-refractivity contribution in [2.75, 3.05) is 19.6 Å². The lowest BCUT2D eigenvalue weighted by Gasteiger charge is -2.29. The fraction of sp³-hybridized carbons (Fsp3) is 0.800. The minimum atomic E-state index is 0.807. The molecule has 0 saturated carbocycles. The fourth-order valence-corrected chi connectivity index (χ4v) is 1.57. The third-order valence-electron chi connectivity index (χ3n) is 2.19. The monoisotopic (exact) mass is 153 g/mol. The summed E-state index contributed by atoms with van der Waals surface area (Å²) in [6.45, 7) is 12.3. The molecule has 0 aromatic carbocycles. The van der Waals surface area contributed by atoms with Crippen molar-refractivity contribution in [2.24, 2.45) is 5.92 Å². The van der Waals surface area contributed by atoms with E-state index >= 15 is 0 Å². The Morgan fingerprint density at radius 2 is 1.91 bits per heavy atom. The minimum Gasteiger partial charge on any atom is -0.302 e. The summed E-state index contributed by atoms with van der Waals surface area (Å²) in [5, 5.41) is 0. The minimum absolute atomic E-state index is 0.807. The van der Waals surface area contributed by atoms with E-state index in [-0.39, 0.29) is 0 Å². The molecule has 1 aliphatic heterocycles. The summed E-state index contributed by atoms with van der Waals surface area (Å²) in [6, 6.07) is 0. The number of likely N-dealkylation sites (tertiary alicyclic amines) is 1. The molecule has 0 amide bonds. The molecule has 11 heavy (non-hydrogen) atoms. The van der Waals surface area contributed by atoms with Gasteiger partial charge in [-0.05, 0) is 18.8 Å². The maximum Gasteiger partial charge on any atom is 0.00187 e. The van der Waals surface area contributed by atoms with Gasteiger partial charge in [0.1, 0.15) is 0 Å². The molecule has 0 aromatic heterocycles. The summed E-state index contributed by atoms with van der Waals surface area (Å²) in [5.74, 6) is 0.807.